The monoisotopic (exact) mass is 321 g/mol. The summed E-state index contributed by atoms with van der Waals surface area (Å²) in [6, 6.07) is 5.61. The van der Waals surface area contributed by atoms with Gasteiger partial charge in [-0.3, -0.25) is 4.79 Å². The van der Waals surface area contributed by atoms with Gasteiger partial charge >= 0.3 is 0 Å². The van der Waals surface area contributed by atoms with E-state index in [1.165, 1.54) is 0 Å². The van der Waals surface area contributed by atoms with Crippen LogP contribution in [-0.2, 0) is 0 Å². The smallest absolute Gasteiger partial charge is 0.272 e. The van der Waals surface area contributed by atoms with Crippen LogP contribution < -0.4 is 5.73 Å². The van der Waals surface area contributed by atoms with Crippen molar-refractivity contribution in [3.63, 3.8) is 0 Å². The number of hydrogen-bond acceptors (Lipinski definition) is 3. The average molecular weight is 322 g/mol. The number of carbonyl (C=O) groups excluding carboxylic acids is 1. The summed E-state index contributed by atoms with van der Waals surface area (Å²) in [5.74, 6) is 0.389. The molecule has 0 saturated heterocycles. The second kappa shape index (κ2) is 9.97. The second-order valence-electron chi connectivity index (χ2n) is 5.09. The van der Waals surface area contributed by atoms with E-state index in [0.29, 0.717) is 18.2 Å². The van der Waals surface area contributed by atoms with E-state index in [1.54, 1.807) is 18.0 Å². The topological polar surface area (TPSA) is 59.2 Å². The van der Waals surface area contributed by atoms with Crippen molar-refractivity contribution in [2.75, 3.05) is 13.6 Å². The summed E-state index contributed by atoms with van der Waals surface area (Å²) in [7, 11) is 1.79. The summed E-state index contributed by atoms with van der Waals surface area (Å²) in [6.07, 6.45) is 0.811. The van der Waals surface area contributed by atoms with E-state index in [1.807, 2.05) is 19.1 Å². The van der Waals surface area contributed by atoms with Gasteiger partial charge in [-0.25, -0.2) is 4.98 Å². The van der Waals surface area contributed by atoms with Crippen molar-refractivity contribution in [2.24, 2.45) is 11.7 Å². The molecular formula is C14H25Cl2N3O. The summed E-state index contributed by atoms with van der Waals surface area (Å²) < 4.78 is 0. The molecule has 1 rings (SSSR count). The number of rotatable bonds is 5. The van der Waals surface area contributed by atoms with Crippen molar-refractivity contribution in [3.8, 4) is 0 Å². The summed E-state index contributed by atoms with van der Waals surface area (Å²) in [5.41, 5.74) is 7.32. The third-order valence-electron chi connectivity index (χ3n) is 3.11. The predicted octanol–water partition coefficient (Wildman–Crippen LogP) is 2.68. The number of hydrogen-bond donors (Lipinski definition) is 1. The zero-order valence-electron chi connectivity index (χ0n) is 12.5. The fourth-order valence-electron chi connectivity index (χ4n) is 1.64. The molecule has 0 radical (unpaired) electrons. The van der Waals surface area contributed by atoms with Gasteiger partial charge in [0.25, 0.3) is 5.91 Å². The van der Waals surface area contributed by atoms with Crippen molar-refractivity contribution in [1.29, 1.82) is 0 Å². The van der Waals surface area contributed by atoms with Gasteiger partial charge in [-0.05, 0) is 31.4 Å². The van der Waals surface area contributed by atoms with Gasteiger partial charge in [0.2, 0.25) is 0 Å². The highest BCUT2D eigenvalue weighted by atomic mass is 35.5. The molecule has 2 N–H and O–H groups in total. The lowest BCUT2D eigenvalue weighted by Crippen LogP contribution is -2.35. The Morgan fingerprint density at radius 1 is 1.35 bits per heavy atom. The van der Waals surface area contributed by atoms with E-state index in [4.69, 9.17) is 5.73 Å². The molecule has 1 aromatic heterocycles. The maximum absolute atomic E-state index is 12.1. The predicted molar refractivity (Wildman–Crippen MR) is 87.9 cm³/mol. The largest absolute Gasteiger partial charge is 0.340 e. The Bertz CT molecular complexity index is 413. The van der Waals surface area contributed by atoms with Crippen LogP contribution in [0.15, 0.2) is 18.2 Å². The molecule has 1 unspecified atom stereocenters. The van der Waals surface area contributed by atoms with Gasteiger partial charge in [-0.15, -0.1) is 24.8 Å². The number of nitrogens with zero attached hydrogens (tertiary/aromatic N) is 2. The first-order valence-electron chi connectivity index (χ1n) is 6.36. The fraction of sp³-hybridized carbons (Fsp3) is 0.571. The quantitative estimate of drug-likeness (QED) is 0.907. The molecule has 6 heteroatoms. The Kier molecular flexibility index (Phi) is 10.7. The molecule has 0 aliphatic carbocycles. The number of aromatic nitrogens is 1. The Morgan fingerprint density at radius 2 is 1.95 bits per heavy atom. The van der Waals surface area contributed by atoms with Crippen molar-refractivity contribution in [1.82, 2.24) is 9.88 Å². The molecule has 0 fully saturated rings. The molecule has 116 valence electrons. The van der Waals surface area contributed by atoms with Crippen LogP contribution in [0.1, 0.15) is 36.5 Å². The molecule has 1 aromatic rings. The first-order chi connectivity index (χ1) is 8.41. The van der Waals surface area contributed by atoms with Crippen LogP contribution in [0.4, 0.5) is 0 Å². The molecule has 0 spiro atoms. The van der Waals surface area contributed by atoms with E-state index in [9.17, 15) is 4.79 Å². The summed E-state index contributed by atoms with van der Waals surface area (Å²) in [5, 5.41) is 0. The van der Waals surface area contributed by atoms with E-state index in [0.717, 1.165) is 12.1 Å². The van der Waals surface area contributed by atoms with Crippen LogP contribution in [0.5, 0.6) is 0 Å². The summed E-state index contributed by atoms with van der Waals surface area (Å²) in [6.45, 7) is 6.72. The van der Waals surface area contributed by atoms with Crippen molar-refractivity contribution < 1.29 is 4.79 Å². The van der Waals surface area contributed by atoms with Crippen molar-refractivity contribution in [2.45, 2.75) is 33.2 Å². The lowest BCUT2D eigenvalue weighted by atomic mass is 10.0. The summed E-state index contributed by atoms with van der Waals surface area (Å²) in [4.78, 5) is 18.0. The zero-order chi connectivity index (χ0) is 13.7. The minimum absolute atomic E-state index is 0. The van der Waals surface area contributed by atoms with Gasteiger partial charge in [0.05, 0.1) is 0 Å². The number of carbonyl (C=O) groups is 1. The van der Waals surface area contributed by atoms with Crippen LogP contribution in [0.25, 0.3) is 0 Å². The maximum Gasteiger partial charge on any atom is 0.272 e. The Hall–Kier alpha value is -0.840. The molecular weight excluding hydrogens is 297 g/mol. The average Bonchev–Trinajstić information content (AvgIpc) is 2.34. The first kappa shape index (κ1) is 21.5. The Labute approximate surface area is 134 Å². The van der Waals surface area contributed by atoms with E-state index < -0.39 is 0 Å². The van der Waals surface area contributed by atoms with E-state index in [2.05, 4.69) is 18.8 Å². The third kappa shape index (κ3) is 6.55. The molecule has 0 aliphatic rings. The SMILES string of the molecule is Cc1cccc(C(=O)N(C)CCC(N)C(C)C)n1.Cl.Cl. The first-order valence-corrected chi connectivity index (χ1v) is 6.36. The molecule has 20 heavy (non-hydrogen) atoms. The van der Waals surface area contributed by atoms with Crippen LogP contribution in [0.3, 0.4) is 0 Å². The summed E-state index contributed by atoms with van der Waals surface area (Å²) >= 11 is 0. The van der Waals surface area contributed by atoms with Crippen LogP contribution >= 0.6 is 24.8 Å². The Morgan fingerprint density at radius 3 is 2.45 bits per heavy atom. The molecule has 0 aromatic carbocycles. The van der Waals surface area contributed by atoms with Gasteiger partial charge in [-0.1, -0.05) is 19.9 Å². The molecule has 0 saturated carbocycles. The van der Waals surface area contributed by atoms with Gasteiger partial charge in [0, 0.05) is 25.3 Å². The lowest BCUT2D eigenvalue weighted by molar-refractivity contribution is 0.0783. The molecule has 1 heterocycles. The molecule has 0 aliphatic heterocycles. The number of halogens is 2. The van der Waals surface area contributed by atoms with Gasteiger partial charge < -0.3 is 10.6 Å². The lowest BCUT2D eigenvalue weighted by Gasteiger charge is -2.21. The molecule has 1 amide bonds. The number of aryl methyl sites for hydroxylation is 1. The highest BCUT2D eigenvalue weighted by Gasteiger charge is 2.15. The standard InChI is InChI=1S/C14H23N3O.2ClH/c1-10(2)12(15)8-9-17(4)14(18)13-7-5-6-11(3)16-13;;/h5-7,10,12H,8-9,15H2,1-4H3;2*1H. The minimum atomic E-state index is -0.0466. The number of pyridine rings is 1. The minimum Gasteiger partial charge on any atom is -0.340 e. The second-order valence-corrected chi connectivity index (χ2v) is 5.09. The van der Waals surface area contributed by atoms with E-state index in [-0.39, 0.29) is 36.8 Å². The van der Waals surface area contributed by atoms with Gasteiger partial charge in [0.15, 0.2) is 0 Å². The van der Waals surface area contributed by atoms with Gasteiger partial charge in [-0.2, -0.15) is 0 Å². The van der Waals surface area contributed by atoms with Crippen LogP contribution in [0.2, 0.25) is 0 Å². The normalized spacial score (nSPS) is 11.3. The molecule has 1 atom stereocenters. The highest BCUT2D eigenvalue weighted by Crippen LogP contribution is 2.06. The van der Waals surface area contributed by atoms with Crippen molar-refractivity contribution in [3.05, 3.63) is 29.6 Å². The maximum atomic E-state index is 12.1. The van der Waals surface area contributed by atoms with E-state index >= 15 is 0 Å². The van der Waals surface area contributed by atoms with Crippen LogP contribution in [0, 0.1) is 12.8 Å². The Balaban J connectivity index is 0. The third-order valence-corrected chi connectivity index (χ3v) is 3.11. The number of nitrogens with two attached hydrogens (primary N) is 1. The van der Waals surface area contributed by atoms with Crippen molar-refractivity contribution >= 4 is 30.7 Å². The molecule has 4 nitrogen and oxygen atoms in total. The number of amides is 1. The molecule has 0 bridgehead atoms. The zero-order valence-corrected chi connectivity index (χ0v) is 14.1. The van der Waals surface area contributed by atoms with Gasteiger partial charge in [0.1, 0.15) is 5.69 Å². The highest BCUT2D eigenvalue weighted by molar-refractivity contribution is 5.92. The fourth-order valence-corrected chi connectivity index (χ4v) is 1.64. The van der Waals surface area contributed by atoms with Crippen LogP contribution in [-0.4, -0.2) is 35.4 Å².